The highest BCUT2D eigenvalue weighted by Crippen LogP contribution is 2.24. The topological polar surface area (TPSA) is 107 Å². The Labute approximate surface area is 144 Å². The van der Waals surface area contributed by atoms with Crippen molar-refractivity contribution in [2.24, 2.45) is 0 Å². The van der Waals surface area contributed by atoms with Gasteiger partial charge in [0.1, 0.15) is 5.69 Å². The third-order valence-corrected chi connectivity index (χ3v) is 3.78. The Morgan fingerprint density at radius 2 is 1.92 bits per heavy atom. The molecule has 25 heavy (non-hydrogen) atoms. The van der Waals surface area contributed by atoms with Crippen molar-refractivity contribution < 1.29 is 14.7 Å². The monoisotopic (exact) mass is 338 g/mol. The zero-order chi connectivity index (χ0) is 17.6. The number of carbonyl (C=O) groups excluding carboxylic acids is 1. The molecule has 0 fully saturated rings. The first kappa shape index (κ1) is 16.5. The maximum absolute atomic E-state index is 12.2. The SMILES string of the molecule is O=C(O)NCCCNC(=O)c1cc2ccc(-c3cccnc3)cc2[nH]1. The van der Waals surface area contributed by atoms with E-state index in [1.165, 1.54) is 0 Å². The maximum Gasteiger partial charge on any atom is 0.404 e. The Hall–Kier alpha value is -3.35. The van der Waals surface area contributed by atoms with E-state index in [4.69, 9.17) is 5.11 Å². The molecular weight excluding hydrogens is 320 g/mol. The molecule has 0 radical (unpaired) electrons. The summed E-state index contributed by atoms with van der Waals surface area (Å²) in [5, 5.41) is 14.4. The minimum atomic E-state index is -1.06. The van der Waals surface area contributed by atoms with Gasteiger partial charge in [0.05, 0.1) is 0 Å². The molecule has 2 aromatic heterocycles. The van der Waals surface area contributed by atoms with E-state index in [1.807, 2.05) is 30.3 Å². The van der Waals surface area contributed by atoms with Gasteiger partial charge >= 0.3 is 6.09 Å². The van der Waals surface area contributed by atoms with Crippen molar-refractivity contribution in [3.05, 3.63) is 54.5 Å². The number of carboxylic acid groups (broad SMARTS) is 1. The number of aromatic amines is 1. The van der Waals surface area contributed by atoms with E-state index >= 15 is 0 Å². The minimum absolute atomic E-state index is 0.213. The van der Waals surface area contributed by atoms with Crippen LogP contribution >= 0.6 is 0 Å². The van der Waals surface area contributed by atoms with Crippen LogP contribution in [-0.2, 0) is 0 Å². The van der Waals surface area contributed by atoms with Gasteiger partial charge in [0, 0.05) is 41.9 Å². The van der Waals surface area contributed by atoms with E-state index in [1.54, 1.807) is 18.5 Å². The highest BCUT2D eigenvalue weighted by Gasteiger charge is 2.10. The maximum atomic E-state index is 12.2. The minimum Gasteiger partial charge on any atom is -0.465 e. The molecule has 0 saturated heterocycles. The normalized spacial score (nSPS) is 10.6. The summed E-state index contributed by atoms with van der Waals surface area (Å²) in [7, 11) is 0. The number of pyridine rings is 1. The number of hydrogen-bond donors (Lipinski definition) is 4. The molecule has 1 aromatic carbocycles. The third-order valence-electron chi connectivity index (χ3n) is 3.78. The van der Waals surface area contributed by atoms with Crippen LogP contribution in [0.25, 0.3) is 22.0 Å². The summed E-state index contributed by atoms with van der Waals surface area (Å²) < 4.78 is 0. The first-order valence-electron chi connectivity index (χ1n) is 7.91. The van der Waals surface area contributed by atoms with Crippen LogP contribution in [0.4, 0.5) is 4.79 Å². The van der Waals surface area contributed by atoms with Crippen LogP contribution in [0.15, 0.2) is 48.8 Å². The van der Waals surface area contributed by atoms with Crippen LogP contribution in [0.5, 0.6) is 0 Å². The lowest BCUT2D eigenvalue weighted by Crippen LogP contribution is -2.29. The second-order valence-corrected chi connectivity index (χ2v) is 5.57. The summed E-state index contributed by atoms with van der Waals surface area (Å²) in [6.45, 7) is 0.701. The molecule has 0 spiro atoms. The van der Waals surface area contributed by atoms with E-state index < -0.39 is 6.09 Å². The number of rotatable bonds is 6. The first-order chi connectivity index (χ1) is 12.1. The number of H-pyrrole nitrogens is 1. The van der Waals surface area contributed by atoms with Gasteiger partial charge in [0.25, 0.3) is 5.91 Å². The van der Waals surface area contributed by atoms with Crippen LogP contribution in [0, 0.1) is 0 Å². The van der Waals surface area contributed by atoms with Crippen LogP contribution in [0.1, 0.15) is 16.9 Å². The second kappa shape index (κ2) is 7.48. The molecular formula is C18H18N4O3. The van der Waals surface area contributed by atoms with Gasteiger partial charge in [-0.2, -0.15) is 0 Å². The molecule has 7 nitrogen and oxygen atoms in total. The highest BCUT2D eigenvalue weighted by molar-refractivity contribution is 5.98. The molecule has 0 atom stereocenters. The van der Waals surface area contributed by atoms with Crippen molar-refractivity contribution >= 4 is 22.9 Å². The number of nitrogens with one attached hydrogen (secondary N) is 3. The summed E-state index contributed by atoms with van der Waals surface area (Å²) in [5.41, 5.74) is 3.38. The van der Waals surface area contributed by atoms with Crippen molar-refractivity contribution in [1.82, 2.24) is 20.6 Å². The van der Waals surface area contributed by atoms with Gasteiger partial charge < -0.3 is 20.7 Å². The van der Waals surface area contributed by atoms with Crippen molar-refractivity contribution in [3.63, 3.8) is 0 Å². The van der Waals surface area contributed by atoms with Crippen LogP contribution in [0.2, 0.25) is 0 Å². The van der Waals surface area contributed by atoms with Gasteiger partial charge in [-0.15, -0.1) is 0 Å². The largest absolute Gasteiger partial charge is 0.465 e. The van der Waals surface area contributed by atoms with Gasteiger partial charge in [-0.25, -0.2) is 4.79 Å². The van der Waals surface area contributed by atoms with Gasteiger partial charge in [0.2, 0.25) is 0 Å². The molecule has 0 aliphatic heterocycles. The fourth-order valence-corrected chi connectivity index (χ4v) is 2.54. The van der Waals surface area contributed by atoms with Crippen LogP contribution < -0.4 is 10.6 Å². The lowest BCUT2D eigenvalue weighted by atomic mass is 10.1. The predicted molar refractivity (Wildman–Crippen MR) is 94.5 cm³/mol. The zero-order valence-electron chi connectivity index (χ0n) is 13.5. The van der Waals surface area contributed by atoms with E-state index in [0.717, 1.165) is 22.0 Å². The Balaban J connectivity index is 1.66. The van der Waals surface area contributed by atoms with Crippen molar-refractivity contribution in [1.29, 1.82) is 0 Å². The smallest absolute Gasteiger partial charge is 0.404 e. The molecule has 4 N–H and O–H groups in total. The zero-order valence-corrected chi connectivity index (χ0v) is 13.5. The molecule has 2 heterocycles. The number of aromatic nitrogens is 2. The van der Waals surface area contributed by atoms with Crippen LogP contribution in [0.3, 0.4) is 0 Å². The second-order valence-electron chi connectivity index (χ2n) is 5.57. The average Bonchev–Trinajstić information content (AvgIpc) is 3.05. The quantitative estimate of drug-likeness (QED) is 0.518. The molecule has 0 bridgehead atoms. The number of benzene rings is 1. The van der Waals surface area contributed by atoms with Crippen molar-refractivity contribution in [3.8, 4) is 11.1 Å². The number of hydrogen-bond acceptors (Lipinski definition) is 3. The highest BCUT2D eigenvalue weighted by atomic mass is 16.4. The molecule has 3 aromatic rings. The summed E-state index contributed by atoms with van der Waals surface area (Å²) in [6, 6.07) is 11.6. The molecule has 0 aliphatic carbocycles. The Morgan fingerprint density at radius 3 is 2.68 bits per heavy atom. The Bertz CT molecular complexity index is 890. The van der Waals surface area contributed by atoms with Gasteiger partial charge in [-0.3, -0.25) is 9.78 Å². The van der Waals surface area contributed by atoms with Gasteiger partial charge in [0.15, 0.2) is 0 Å². The summed E-state index contributed by atoms with van der Waals surface area (Å²) in [5.74, 6) is -0.213. The van der Waals surface area contributed by atoms with E-state index in [9.17, 15) is 9.59 Å². The lowest BCUT2D eigenvalue weighted by Gasteiger charge is -2.03. The molecule has 128 valence electrons. The number of carbonyl (C=O) groups is 2. The standard InChI is InChI=1S/C18H18N4O3/c23-17(20-7-2-8-21-18(24)25)16-10-13-5-4-12(9-15(13)22-16)14-3-1-6-19-11-14/h1,3-6,9-11,21-22H,2,7-8H2,(H,20,23)(H,24,25). The first-order valence-corrected chi connectivity index (χ1v) is 7.91. The van der Waals surface area contributed by atoms with Crippen molar-refractivity contribution in [2.75, 3.05) is 13.1 Å². The van der Waals surface area contributed by atoms with E-state index in [-0.39, 0.29) is 5.91 Å². The Morgan fingerprint density at radius 1 is 1.08 bits per heavy atom. The third kappa shape index (κ3) is 4.14. The fourth-order valence-electron chi connectivity index (χ4n) is 2.54. The van der Waals surface area contributed by atoms with E-state index in [2.05, 4.69) is 20.6 Å². The lowest BCUT2D eigenvalue weighted by molar-refractivity contribution is 0.0949. The summed E-state index contributed by atoms with van der Waals surface area (Å²) in [4.78, 5) is 29.8. The van der Waals surface area contributed by atoms with Gasteiger partial charge in [-0.05, 0) is 30.2 Å². The molecule has 0 aliphatic rings. The fraction of sp³-hybridized carbons (Fsp3) is 0.167. The average molecular weight is 338 g/mol. The van der Waals surface area contributed by atoms with E-state index in [0.29, 0.717) is 25.2 Å². The molecule has 0 unspecified atom stereocenters. The molecule has 7 heteroatoms. The van der Waals surface area contributed by atoms with Gasteiger partial charge in [-0.1, -0.05) is 18.2 Å². The molecule has 0 saturated carbocycles. The van der Waals surface area contributed by atoms with Crippen molar-refractivity contribution in [2.45, 2.75) is 6.42 Å². The summed E-state index contributed by atoms with van der Waals surface area (Å²) in [6.07, 6.45) is 2.99. The number of amides is 2. The molecule has 3 rings (SSSR count). The number of fused-ring (bicyclic) bond motifs is 1. The summed E-state index contributed by atoms with van der Waals surface area (Å²) >= 11 is 0. The predicted octanol–water partition coefficient (Wildman–Crippen LogP) is 2.62. The Kier molecular flexibility index (Phi) is 4.94. The number of nitrogens with zero attached hydrogens (tertiary/aromatic N) is 1. The molecule has 2 amide bonds. The van der Waals surface area contributed by atoms with Crippen LogP contribution in [-0.4, -0.2) is 40.2 Å².